The van der Waals surface area contributed by atoms with E-state index in [1.54, 1.807) is 0 Å². The van der Waals surface area contributed by atoms with Gasteiger partial charge < -0.3 is 15.4 Å². The highest BCUT2D eigenvalue weighted by Gasteiger charge is 2.39. The first-order valence-corrected chi connectivity index (χ1v) is 12.1. The second-order valence-electron chi connectivity index (χ2n) is 12.8. The lowest BCUT2D eigenvalue weighted by molar-refractivity contribution is 0.332. The van der Waals surface area contributed by atoms with Crippen molar-refractivity contribution in [1.29, 1.82) is 0 Å². The van der Waals surface area contributed by atoms with Crippen LogP contribution in [0.5, 0.6) is 0 Å². The van der Waals surface area contributed by atoms with Gasteiger partial charge in [0.25, 0.3) is 0 Å². The zero-order valence-electron chi connectivity index (χ0n) is 21.2. The third-order valence-electron chi connectivity index (χ3n) is 8.43. The molecule has 0 amide bonds. The molecule has 0 unspecified atom stereocenters. The molecule has 0 heterocycles. The summed E-state index contributed by atoms with van der Waals surface area (Å²) >= 11 is 0. The molecule has 0 atom stereocenters. The molecule has 0 saturated carbocycles. The van der Waals surface area contributed by atoms with Gasteiger partial charge in [-0.3, -0.25) is 0 Å². The van der Waals surface area contributed by atoms with Crippen LogP contribution in [0.25, 0.3) is 0 Å². The lowest BCUT2D eigenvalue weighted by atomic mass is 9.61. The number of hydrogen-bond donors (Lipinski definition) is 3. The van der Waals surface area contributed by atoms with Crippen LogP contribution < -0.4 is 10.8 Å². The van der Waals surface area contributed by atoms with Crippen molar-refractivity contribution < 1.29 is 10.0 Å². The molecule has 0 saturated heterocycles. The molecule has 4 rings (SSSR count). The molecule has 2 aromatic carbocycles. The summed E-state index contributed by atoms with van der Waals surface area (Å²) in [4.78, 5) is 0. The highest BCUT2D eigenvalue weighted by molar-refractivity contribution is 6.60. The van der Waals surface area contributed by atoms with E-state index >= 15 is 0 Å². The maximum Gasteiger partial charge on any atom is 0.490 e. The molecule has 2 aromatic rings. The summed E-state index contributed by atoms with van der Waals surface area (Å²) in [6.07, 6.45) is 4.57. The summed E-state index contributed by atoms with van der Waals surface area (Å²) in [5, 5.41) is 24.1. The van der Waals surface area contributed by atoms with Crippen LogP contribution in [-0.4, -0.2) is 17.2 Å². The van der Waals surface area contributed by atoms with Crippen LogP contribution in [0, 0.1) is 0 Å². The lowest BCUT2D eigenvalue weighted by Crippen LogP contribution is -2.39. The number of fused-ring (bicyclic) bond motifs is 2. The topological polar surface area (TPSA) is 52.5 Å². The Bertz CT molecular complexity index is 1050. The van der Waals surface area contributed by atoms with E-state index in [2.05, 4.69) is 85.0 Å². The van der Waals surface area contributed by atoms with Gasteiger partial charge in [0.15, 0.2) is 0 Å². The summed E-state index contributed by atoms with van der Waals surface area (Å²) in [5.41, 5.74) is 8.08. The maximum atomic E-state index is 10.2. The summed E-state index contributed by atoms with van der Waals surface area (Å²) in [6.45, 7) is 18.4. The van der Waals surface area contributed by atoms with Gasteiger partial charge in [-0.1, -0.05) is 67.5 Å². The molecule has 0 bridgehead atoms. The van der Waals surface area contributed by atoms with Crippen molar-refractivity contribution in [3.63, 3.8) is 0 Å². The van der Waals surface area contributed by atoms with Crippen LogP contribution in [0.15, 0.2) is 30.3 Å². The molecule has 4 heteroatoms. The summed E-state index contributed by atoms with van der Waals surface area (Å²) in [6, 6.07) is 10.9. The van der Waals surface area contributed by atoms with Crippen molar-refractivity contribution in [2.24, 2.45) is 0 Å². The predicted octanol–water partition coefficient (Wildman–Crippen LogP) is 5.81. The molecule has 2 aliphatic carbocycles. The summed E-state index contributed by atoms with van der Waals surface area (Å²) in [5.74, 6) is 0. The zero-order chi connectivity index (χ0) is 23.7. The Morgan fingerprint density at radius 1 is 0.625 bits per heavy atom. The van der Waals surface area contributed by atoms with Gasteiger partial charge in [0, 0.05) is 16.8 Å². The second-order valence-corrected chi connectivity index (χ2v) is 12.8. The Kier molecular flexibility index (Phi) is 5.38. The Labute approximate surface area is 194 Å². The monoisotopic (exact) mass is 433 g/mol. The molecule has 3 nitrogen and oxygen atoms in total. The Balaban J connectivity index is 1.82. The standard InChI is InChI=1S/C28H40BNO2/c1-25(2)11-12-26(3,4)20-15-18(9-10-19(20)25)30-24-17-22-21(16-23(24)29(31)32)27(5,6)13-14-28(22,7)8/h9-10,15-17,30-32H,11-14H2,1-8H3. The van der Waals surface area contributed by atoms with Crippen LogP contribution >= 0.6 is 0 Å². The van der Waals surface area contributed by atoms with Crippen LogP contribution in [0.3, 0.4) is 0 Å². The van der Waals surface area contributed by atoms with Crippen molar-refractivity contribution in [2.45, 2.75) is 103 Å². The van der Waals surface area contributed by atoms with E-state index in [4.69, 9.17) is 0 Å². The lowest BCUT2D eigenvalue weighted by Gasteiger charge is -2.43. The molecule has 0 radical (unpaired) electrons. The van der Waals surface area contributed by atoms with Crippen molar-refractivity contribution in [2.75, 3.05) is 5.32 Å². The van der Waals surface area contributed by atoms with Gasteiger partial charge in [-0.05, 0) is 87.8 Å². The van der Waals surface area contributed by atoms with Crippen LogP contribution in [0.1, 0.15) is 103 Å². The normalized spacial score (nSPS) is 21.9. The molecular weight excluding hydrogens is 393 g/mol. The van der Waals surface area contributed by atoms with Crippen molar-refractivity contribution >= 4 is 24.0 Å². The van der Waals surface area contributed by atoms with E-state index in [0.717, 1.165) is 24.2 Å². The van der Waals surface area contributed by atoms with Gasteiger partial charge in [-0.15, -0.1) is 0 Å². The van der Waals surface area contributed by atoms with Gasteiger partial charge >= 0.3 is 7.12 Å². The molecule has 2 aliphatic rings. The molecule has 0 fully saturated rings. The van der Waals surface area contributed by atoms with E-state index in [0.29, 0.717) is 5.46 Å². The minimum absolute atomic E-state index is 0.0223. The largest absolute Gasteiger partial charge is 0.490 e. The van der Waals surface area contributed by atoms with E-state index in [1.165, 1.54) is 35.1 Å². The fourth-order valence-corrected chi connectivity index (χ4v) is 5.77. The molecular formula is C28H40BNO2. The SMILES string of the molecule is CC1(C)CCC(C)(C)c2cc(Nc3cc4c(cc3B(O)O)C(C)(C)CCC4(C)C)ccc21. The fraction of sp³-hybridized carbons (Fsp3) is 0.571. The van der Waals surface area contributed by atoms with Crippen molar-refractivity contribution in [1.82, 2.24) is 0 Å². The molecule has 0 spiro atoms. The molecule has 0 aliphatic heterocycles. The smallest absolute Gasteiger partial charge is 0.423 e. The molecule has 0 aromatic heterocycles. The van der Waals surface area contributed by atoms with Gasteiger partial charge in [-0.2, -0.15) is 0 Å². The highest BCUT2D eigenvalue weighted by atomic mass is 16.4. The molecule has 32 heavy (non-hydrogen) atoms. The first kappa shape index (κ1) is 23.4. The first-order chi connectivity index (χ1) is 14.6. The van der Waals surface area contributed by atoms with Crippen LogP contribution in [0.2, 0.25) is 0 Å². The van der Waals surface area contributed by atoms with Crippen LogP contribution in [-0.2, 0) is 21.7 Å². The van der Waals surface area contributed by atoms with Gasteiger partial charge in [0.2, 0.25) is 0 Å². The third kappa shape index (κ3) is 3.90. The van der Waals surface area contributed by atoms with Crippen molar-refractivity contribution in [3.05, 3.63) is 52.6 Å². The average Bonchev–Trinajstić information content (AvgIpc) is 2.69. The summed E-state index contributed by atoms with van der Waals surface area (Å²) in [7, 11) is -1.52. The zero-order valence-corrected chi connectivity index (χ0v) is 21.2. The fourth-order valence-electron chi connectivity index (χ4n) is 5.77. The van der Waals surface area contributed by atoms with Gasteiger partial charge in [0.1, 0.15) is 0 Å². The molecule has 3 N–H and O–H groups in total. The number of anilines is 2. The summed E-state index contributed by atoms with van der Waals surface area (Å²) < 4.78 is 0. The third-order valence-corrected chi connectivity index (χ3v) is 8.43. The van der Waals surface area contributed by atoms with Gasteiger partial charge in [0.05, 0.1) is 0 Å². The Morgan fingerprint density at radius 3 is 1.56 bits per heavy atom. The first-order valence-electron chi connectivity index (χ1n) is 12.1. The predicted molar refractivity (Wildman–Crippen MR) is 137 cm³/mol. The van der Waals surface area contributed by atoms with E-state index < -0.39 is 7.12 Å². The minimum atomic E-state index is -1.52. The minimum Gasteiger partial charge on any atom is -0.423 e. The average molecular weight is 433 g/mol. The van der Waals surface area contributed by atoms with E-state index in [9.17, 15) is 10.0 Å². The quantitative estimate of drug-likeness (QED) is 0.536. The van der Waals surface area contributed by atoms with E-state index in [1.807, 2.05) is 6.07 Å². The van der Waals surface area contributed by atoms with Gasteiger partial charge in [-0.25, -0.2) is 0 Å². The highest BCUT2D eigenvalue weighted by Crippen LogP contribution is 2.48. The maximum absolute atomic E-state index is 10.2. The molecule has 172 valence electrons. The second kappa shape index (κ2) is 7.36. The van der Waals surface area contributed by atoms with E-state index in [-0.39, 0.29) is 21.7 Å². The van der Waals surface area contributed by atoms with Crippen molar-refractivity contribution in [3.8, 4) is 0 Å². The Morgan fingerprint density at radius 2 is 1.06 bits per heavy atom. The number of hydrogen-bond acceptors (Lipinski definition) is 3. The Hall–Kier alpha value is -1.78. The number of nitrogens with one attached hydrogen (secondary N) is 1. The number of benzene rings is 2. The number of rotatable bonds is 3. The van der Waals surface area contributed by atoms with Crippen LogP contribution in [0.4, 0.5) is 11.4 Å².